The number of amidine groups is 1. The SMILES string of the molecule is COc1cc(C(=N)N)c(OC)cc1C. The fourth-order valence-electron chi connectivity index (χ4n) is 1.26. The van der Waals surface area contributed by atoms with Crippen LogP contribution in [0.3, 0.4) is 0 Å². The molecule has 76 valence electrons. The maximum Gasteiger partial charge on any atom is 0.130 e. The number of hydrogen-bond donors (Lipinski definition) is 2. The predicted molar refractivity (Wildman–Crippen MR) is 55.3 cm³/mol. The lowest BCUT2D eigenvalue weighted by molar-refractivity contribution is 0.400. The predicted octanol–water partition coefficient (Wildman–Crippen LogP) is 1.30. The second kappa shape index (κ2) is 4.00. The molecule has 0 saturated heterocycles. The molecule has 0 aliphatic rings. The van der Waals surface area contributed by atoms with Crippen molar-refractivity contribution < 1.29 is 9.47 Å². The number of methoxy groups -OCH3 is 2. The third-order valence-electron chi connectivity index (χ3n) is 2.01. The van der Waals surface area contributed by atoms with Crippen LogP contribution in [0.25, 0.3) is 0 Å². The molecule has 3 N–H and O–H groups in total. The fraction of sp³-hybridized carbons (Fsp3) is 0.300. The van der Waals surface area contributed by atoms with E-state index in [9.17, 15) is 0 Å². The molecule has 0 bridgehead atoms. The van der Waals surface area contributed by atoms with E-state index in [2.05, 4.69) is 0 Å². The van der Waals surface area contributed by atoms with E-state index >= 15 is 0 Å². The second-order valence-corrected chi connectivity index (χ2v) is 2.94. The highest BCUT2D eigenvalue weighted by molar-refractivity contribution is 5.98. The zero-order valence-electron chi connectivity index (χ0n) is 8.55. The van der Waals surface area contributed by atoms with Crippen molar-refractivity contribution in [2.24, 2.45) is 5.73 Å². The summed E-state index contributed by atoms with van der Waals surface area (Å²) in [5, 5.41) is 7.36. The fourth-order valence-corrected chi connectivity index (χ4v) is 1.26. The topological polar surface area (TPSA) is 68.3 Å². The Labute approximate surface area is 83.1 Å². The number of nitrogens with two attached hydrogens (primary N) is 1. The Balaban J connectivity index is 3.32. The summed E-state index contributed by atoms with van der Waals surface area (Å²) in [6, 6.07) is 3.51. The number of ether oxygens (including phenoxy) is 2. The van der Waals surface area contributed by atoms with Gasteiger partial charge in [-0.1, -0.05) is 0 Å². The van der Waals surface area contributed by atoms with Gasteiger partial charge in [0.15, 0.2) is 0 Å². The van der Waals surface area contributed by atoms with Crippen molar-refractivity contribution >= 4 is 5.84 Å². The van der Waals surface area contributed by atoms with Gasteiger partial charge >= 0.3 is 0 Å². The molecule has 0 aromatic heterocycles. The van der Waals surface area contributed by atoms with Crippen LogP contribution in [0.4, 0.5) is 0 Å². The van der Waals surface area contributed by atoms with E-state index in [1.807, 2.05) is 6.92 Å². The monoisotopic (exact) mass is 194 g/mol. The van der Waals surface area contributed by atoms with Crippen LogP contribution in [0.5, 0.6) is 11.5 Å². The van der Waals surface area contributed by atoms with Crippen LogP contribution in [0.15, 0.2) is 12.1 Å². The van der Waals surface area contributed by atoms with Crippen molar-refractivity contribution in [3.63, 3.8) is 0 Å². The van der Waals surface area contributed by atoms with Crippen LogP contribution < -0.4 is 15.2 Å². The summed E-state index contributed by atoms with van der Waals surface area (Å²) in [5.74, 6) is 1.27. The van der Waals surface area contributed by atoms with Gasteiger partial charge in [0.1, 0.15) is 17.3 Å². The Kier molecular flexibility index (Phi) is 2.96. The van der Waals surface area contributed by atoms with E-state index in [-0.39, 0.29) is 5.84 Å². The lowest BCUT2D eigenvalue weighted by Gasteiger charge is -2.11. The molecule has 4 nitrogen and oxygen atoms in total. The van der Waals surface area contributed by atoms with Gasteiger partial charge in [-0.25, -0.2) is 0 Å². The van der Waals surface area contributed by atoms with E-state index in [1.54, 1.807) is 26.4 Å². The number of aryl methyl sites for hydroxylation is 1. The van der Waals surface area contributed by atoms with Gasteiger partial charge in [0.05, 0.1) is 19.8 Å². The summed E-state index contributed by atoms with van der Waals surface area (Å²) in [4.78, 5) is 0. The molecule has 0 atom stereocenters. The quantitative estimate of drug-likeness (QED) is 0.563. The van der Waals surface area contributed by atoms with Gasteiger partial charge in [-0.2, -0.15) is 0 Å². The standard InChI is InChI=1S/C10H14N2O2/c1-6-4-9(14-3)7(10(11)12)5-8(6)13-2/h4-5H,1-3H3,(H3,11,12). The summed E-state index contributed by atoms with van der Waals surface area (Å²) >= 11 is 0. The zero-order valence-corrected chi connectivity index (χ0v) is 8.55. The second-order valence-electron chi connectivity index (χ2n) is 2.94. The minimum absolute atomic E-state index is 0.0276. The van der Waals surface area contributed by atoms with Gasteiger partial charge < -0.3 is 15.2 Å². The van der Waals surface area contributed by atoms with Crippen molar-refractivity contribution in [2.45, 2.75) is 6.92 Å². The maximum absolute atomic E-state index is 7.36. The Bertz CT molecular complexity index is 361. The molecule has 0 aliphatic heterocycles. The van der Waals surface area contributed by atoms with Crippen LogP contribution in [0, 0.1) is 12.3 Å². The lowest BCUT2D eigenvalue weighted by atomic mass is 10.1. The Morgan fingerprint density at radius 3 is 2.21 bits per heavy atom. The van der Waals surface area contributed by atoms with Gasteiger partial charge in [-0.15, -0.1) is 0 Å². The summed E-state index contributed by atoms with van der Waals surface area (Å²) in [6.07, 6.45) is 0. The molecule has 1 rings (SSSR count). The van der Waals surface area contributed by atoms with Crippen molar-refractivity contribution in [1.82, 2.24) is 0 Å². The molecule has 1 aromatic rings. The number of benzene rings is 1. The average Bonchev–Trinajstić information content (AvgIpc) is 2.16. The van der Waals surface area contributed by atoms with Gasteiger partial charge in [0.2, 0.25) is 0 Å². The van der Waals surface area contributed by atoms with Crippen LogP contribution >= 0.6 is 0 Å². The average molecular weight is 194 g/mol. The Morgan fingerprint density at radius 2 is 1.79 bits per heavy atom. The van der Waals surface area contributed by atoms with Gasteiger partial charge in [-0.05, 0) is 24.6 Å². The molecular formula is C10H14N2O2. The van der Waals surface area contributed by atoms with Gasteiger partial charge in [-0.3, -0.25) is 5.41 Å². The molecule has 14 heavy (non-hydrogen) atoms. The third-order valence-corrected chi connectivity index (χ3v) is 2.01. The summed E-state index contributed by atoms with van der Waals surface area (Å²) in [6.45, 7) is 1.91. The first-order chi connectivity index (χ1) is 6.60. The van der Waals surface area contributed by atoms with Crippen LogP contribution in [-0.4, -0.2) is 20.1 Å². The third kappa shape index (κ3) is 1.79. The van der Waals surface area contributed by atoms with E-state index in [0.29, 0.717) is 17.1 Å². The first-order valence-electron chi connectivity index (χ1n) is 4.17. The minimum Gasteiger partial charge on any atom is -0.496 e. The van der Waals surface area contributed by atoms with Crippen molar-refractivity contribution in [3.8, 4) is 11.5 Å². The van der Waals surface area contributed by atoms with E-state index in [1.165, 1.54) is 0 Å². The summed E-state index contributed by atoms with van der Waals surface area (Å²) < 4.78 is 10.2. The highest BCUT2D eigenvalue weighted by Gasteiger charge is 2.10. The molecule has 4 heteroatoms. The molecule has 1 aromatic carbocycles. The molecule has 0 spiro atoms. The maximum atomic E-state index is 7.36. The molecule has 0 amide bonds. The van der Waals surface area contributed by atoms with E-state index < -0.39 is 0 Å². The molecule has 0 saturated carbocycles. The van der Waals surface area contributed by atoms with Crippen molar-refractivity contribution in [3.05, 3.63) is 23.3 Å². The van der Waals surface area contributed by atoms with E-state index in [0.717, 1.165) is 5.56 Å². The largest absolute Gasteiger partial charge is 0.496 e. The number of nitrogens with one attached hydrogen (secondary N) is 1. The Hall–Kier alpha value is -1.71. The highest BCUT2D eigenvalue weighted by Crippen LogP contribution is 2.27. The van der Waals surface area contributed by atoms with Crippen LogP contribution in [0.1, 0.15) is 11.1 Å². The smallest absolute Gasteiger partial charge is 0.130 e. The van der Waals surface area contributed by atoms with E-state index in [4.69, 9.17) is 20.6 Å². The minimum atomic E-state index is -0.0276. The van der Waals surface area contributed by atoms with Crippen LogP contribution in [0.2, 0.25) is 0 Å². The lowest BCUT2D eigenvalue weighted by Crippen LogP contribution is -2.13. The molecule has 0 fully saturated rings. The van der Waals surface area contributed by atoms with Gasteiger partial charge in [0, 0.05) is 0 Å². The molecule has 0 unspecified atom stereocenters. The summed E-state index contributed by atoms with van der Waals surface area (Å²) in [5.41, 5.74) is 6.92. The number of rotatable bonds is 3. The summed E-state index contributed by atoms with van der Waals surface area (Å²) in [7, 11) is 3.13. The van der Waals surface area contributed by atoms with Gasteiger partial charge in [0.25, 0.3) is 0 Å². The zero-order chi connectivity index (χ0) is 10.7. The molecule has 0 heterocycles. The molecular weight excluding hydrogens is 180 g/mol. The van der Waals surface area contributed by atoms with Crippen molar-refractivity contribution in [1.29, 1.82) is 5.41 Å². The Morgan fingerprint density at radius 1 is 1.21 bits per heavy atom. The first kappa shape index (κ1) is 10.4. The van der Waals surface area contributed by atoms with Crippen molar-refractivity contribution in [2.75, 3.05) is 14.2 Å². The first-order valence-corrected chi connectivity index (χ1v) is 4.17. The normalized spacial score (nSPS) is 9.64. The molecule has 0 radical (unpaired) electrons. The molecule has 0 aliphatic carbocycles. The highest BCUT2D eigenvalue weighted by atomic mass is 16.5. The number of hydrogen-bond acceptors (Lipinski definition) is 3. The number of nitrogen functional groups attached to an aromatic ring is 1. The van der Waals surface area contributed by atoms with Crippen LogP contribution in [-0.2, 0) is 0 Å².